The van der Waals surface area contributed by atoms with E-state index in [-0.39, 0.29) is 30.7 Å². The van der Waals surface area contributed by atoms with Crippen molar-refractivity contribution in [3.63, 3.8) is 0 Å². The molecule has 0 aromatic rings. The summed E-state index contributed by atoms with van der Waals surface area (Å²) in [5.41, 5.74) is 5.43. The average Bonchev–Trinajstić information content (AvgIpc) is 2.19. The van der Waals surface area contributed by atoms with Crippen LogP contribution in [-0.2, 0) is 4.79 Å². The van der Waals surface area contributed by atoms with Gasteiger partial charge < -0.3 is 11.1 Å². The fraction of sp³-hybridized carbons (Fsp3) is 0.889. The summed E-state index contributed by atoms with van der Waals surface area (Å²) in [6, 6.07) is -0.396. The summed E-state index contributed by atoms with van der Waals surface area (Å²) in [5.74, 6) is 2.36. The molecule has 1 aliphatic heterocycles. The first-order valence-electron chi connectivity index (χ1n) is 5.03. The number of amides is 1. The molecular weight excluding hydrogens is 269 g/mol. The van der Waals surface area contributed by atoms with Crippen molar-refractivity contribution in [3.05, 3.63) is 0 Å². The van der Waals surface area contributed by atoms with E-state index in [4.69, 9.17) is 5.73 Å². The summed E-state index contributed by atoms with van der Waals surface area (Å²) in [4.78, 5) is 13.5. The molecule has 0 radical (unpaired) electrons. The third-order valence-corrected chi connectivity index (χ3v) is 3.19. The van der Waals surface area contributed by atoms with Crippen LogP contribution in [0.5, 0.6) is 0 Å². The second-order valence-electron chi connectivity index (χ2n) is 3.53. The minimum atomic E-state index is -0.396. The molecule has 0 aromatic heterocycles. The number of rotatable bonds is 4. The van der Waals surface area contributed by atoms with Gasteiger partial charge in [0.05, 0.1) is 6.04 Å². The van der Waals surface area contributed by atoms with Crippen molar-refractivity contribution in [3.8, 4) is 0 Å². The Labute approximate surface area is 114 Å². The Morgan fingerprint density at radius 2 is 2.00 bits per heavy atom. The first-order chi connectivity index (χ1) is 6.70. The Bertz CT molecular complexity index is 190. The molecule has 4 nitrogen and oxygen atoms in total. The fourth-order valence-corrected chi connectivity index (χ4v) is 2.30. The zero-order valence-electron chi connectivity index (χ0n) is 9.48. The standard InChI is InChI=1S/C9H19N3OS.2ClH/c1-8(10)9(13)11-2-3-12-4-6-14-7-5-12;;/h8H,2-7,10H2,1H3,(H,11,13);2*1H/t8-;;/m1../s1. The lowest BCUT2D eigenvalue weighted by Gasteiger charge is -2.26. The quantitative estimate of drug-likeness (QED) is 0.784. The summed E-state index contributed by atoms with van der Waals surface area (Å²) in [6.45, 7) is 5.63. The molecule has 0 unspecified atom stereocenters. The Hall–Kier alpha value is 0.320. The number of carbonyl (C=O) groups excluding carboxylic acids is 1. The Kier molecular flexibility index (Phi) is 12.2. The monoisotopic (exact) mass is 289 g/mol. The summed E-state index contributed by atoms with van der Waals surface area (Å²) in [5, 5.41) is 2.82. The van der Waals surface area contributed by atoms with Gasteiger partial charge in [-0.3, -0.25) is 9.69 Å². The smallest absolute Gasteiger partial charge is 0.236 e. The second-order valence-corrected chi connectivity index (χ2v) is 4.76. The van der Waals surface area contributed by atoms with Gasteiger partial charge in [0.25, 0.3) is 0 Å². The molecule has 0 aliphatic carbocycles. The highest BCUT2D eigenvalue weighted by Crippen LogP contribution is 2.07. The normalized spacial score (nSPS) is 17.9. The number of hydrogen-bond donors (Lipinski definition) is 2. The lowest BCUT2D eigenvalue weighted by Crippen LogP contribution is -2.43. The van der Waals surface area contributed by atoms with E-state index in [1.54, 1.807) is 6.92 Å². The van der Waals surface area contributed by atoms with Crippen molar-refractivity contribution >= 4 is 42.5 Å². The number of nitrogens with zero attached hydrogens (tertiary/aromatic N) is 1. The predicted octanol–water partition coefficient (Wildman–Crippen LogP) is 0.342. The fourth-order valence-electron chi connectivity index (χ4n) is 1.32. The number of carbonyl (C=O) groups is 1. The Balaban J connectivity index is 0. The lowest BCUT2D eigenvalue weighted by molar-refractivity contribution is -0.122. The van der Waals surface area contributed by atoms with Crippen molar-refractivity contribution in [2.24, 2.45) is 5.73 Å². The van der Waals surface area contributed by atoms with E-state index < -0.39 is 6.04 Å². The van der Waals surface area contributed by atoms with E-state index in [1.165, 1.54) is 11.5 Å². The molecular formula is C9H21Cl2N3OS. The summed E-state index contributed by atoms with van der Waals surface area (Å²) in [7, 11) is 0. The predicted molar refractivity (Wildman–Crippen MR) is 74.9 cm³/mol. The molecule has 1 saturated heterocycles. The zero-order chi connectivity index (χ0) is 10.4. The van der Waals surface area contributed by atoms with Gasteiger partial charge >= 0.3 is 0 Å². The van der Waals surface area contributed by atoms with Crippen molar-refractivity contribution < 1.29 is 4.79 Å². The van der Waals surface area contributed by atoms with Crippen LogP contribution in [0.15, 0.2) is 0 Å². The van der Waals surface area contributed by atoms with E-state index >= 15 is 0 Å². The van der Waals surface area contributed by atoms with Gasteiger partial charge in [-0.25, -0.2) is 0 Å². The highest BCUT2D eigenvalue weighted by molar-refractivity contribution is 7.99. The van der Waals surface area contributed by atoms with Gasteiger partial charge in [0.1, 0.15) is 0 Å². The van der Waals surface area contributed by atoms with Crippen LogP contribution >= 0.6 is 36.6 Å². The van der Waals surface area contributed by atoms with Crippen LogP contribution in [0.25, 0.3) is 0 Å². The largest absolute Gasteiger partial charge is 0.353 e. The molecule has 98 valence electrons. The summed E-state index contributed by atoms with van der Waals surface area (Å²) >= 11 is 1.99. The molecule has 1 rings (SSSR count). The topological polar surface area (TPSA) is 58.4 Å². The molecule has 0 spiro atoms. The van der Waals surface area contributed by atoms with Gasteiger partial charge in [-0.15, -0.1) is 24.8 Å². The van der Waals surface area contributed by atoms with E-state index in [2.05, 4.69) is 10.2 Å². The van der Waals surface area contributed by atoms with E-state index in [0.29, 0.717) is 6.54 Å². The molecule has 1 amide bonds. The van der Waals surface area contributed by atoms with Crippen molar-refractivity contribution in [1.82, 2.24) is 10.2 Å². The third kappa shape index (κ3) is 7.57. The molecule has 3 N–H and O–H groups in total. The number of thioether (sulfide) groups is 1. The van der Waals surface area contributed by atoms with Gasteiger partial charge in [0, 0.05) is 37.7 Å². The first-order valence-corrected chi connectivity index (χ1v) is 6.19. The van der Waals surface area contributed by atoms with Crippen LogP contribution < -0.4 is 11.1 Å². The molecule has 1 fully saturated rings. The zero-order valence-corrected chi connectivity index (χ0v) is 11.9. The third-order valence-electron chi connectivity index (χ3n) is 2.24. The highest BCUT2D eigenvalue weighted by atomic mass is 35.5. The van der Waals surface area contributed by atoms with Crippen LogP contribution in [-0.4, -0.2) is 54.5 Å². The molecule has 7 heteroatoms. The molecule has 0 aromatic carbocycles. The number of halogens is 2. The van der Waals surface area contributed by atoms with Crippen LogP contribution in [0.4, 0.5) is 0 Å². The number of hydrogen-bond acceptors (Lipinski definition) is 4. The Morgan fingerprint density at radius 3 is 2.50 bits per heavy atom. The molecule has 0 bridgehead atoms. The average molecular weight is 290 g/mol. The maximum Gasteiger partial charge on any atom is 0.236 e. The van der Waals surface area contributed by atoms with Crippen LogP contribution in [0, 0.1) is 0 Å². The van der Waals surface area contributed by atoms with Gasteiger partial charge in [-0.1, -0.05) is 0 Å². The lowest BCUT2D eigenvalue weighted by atomic mass is 10.3. The second kappa shape index (κ2) is 10.5. The SMILES string of the molecule is C[C@@H](N)C(=O)NCCN1CCSCC1.Cl.Cl. The number of nitrogens with one attached hydrogen (secondary N) is 1. The van der Waals surface area contributed by atoms with Crippen molar-refractivity contribution in [2.45, 2.75) is 13.0 Å². The maximum absolute atomic E-state index is 11.1. The van der Waals surface area contributed by atoms with Crippen LogP contribution in [0.1, 0.15) is 6.92 Å². The first kappa shape index (κ1) is 18.7. The highest BCUT2D eigenvalue weighted by Gasteiger charge is 2.11. The molecule has 0 saturated carbocycles. The van der Waals surface area contributed by atoms with Gasteiger partial charge in [0.2, 0.25) is 5.91 Å². The van der Waals surface area contributed by atoms with Gasteiger partial charge in [-0.2, -0.15) is 11.8 Å². The van der Waals surface area contributed by atoms with E-state index in [0.717, 1.165) is 19.6 Å². The minimum Gasteiger partial charge on any atom is -0.353 e. The summed E-state index contributed by atoms with van der Waals surface area (Å²) in [6.07, 6.45) is 0. The van der Waals surface area contributed by atoms with Crippen molar-refractivity contribution in [2.75, 3.05) is 37.7 Å². The Morgan fingerprint density at radius 1 is 1.44 bits per heavy atom. The number of nitrogens with two attached hydrogens (primary N) is 1. The maximum atomic E-state index is 11.1. The summed E-state index contributed by atoms with van der Waals surface area (Å²) < 4.78 is 0. The minimum absolute atomic E-state index is 0. The molecule has 1 atom stereocenters. The molecule has 1 heterocycles. The van der Waals surface area contributed by atoms with Crippen LogP contribution in [0.2, 0.25) is 0 Å². The van der Waals surface area contributed by atoms with E-state index in [9.17, 15) is 4.79 Å². The molecule has 16 heavy (non-hydrogen) atoms. The van der Waals surface area contributed by atoms with Gasteiger partial charge in [0.15, 0.2) is 0 Å². The van der Waals surface area contributed by atoms with E-state index in [1.807, 2.05) is 11.8 Å². The molecule has 1 aliphatic rings. The van der Waals surface area contributed by atoms with Crippen LogP contribution in [0.3, 0.4) is 0 Å². The van der Waals surface area contributed by atoms with Gasteiger partial charge in [-0.05, 0) is 6.92 Å². The van der Waals surface area contributed by atoms with Crippen molar-refractivity contribution in [1.29, 1.82) is 0 Å².